The lowest BCUT2D eigenvalue weighted by atomic mass is 9.97. The molecule has 1 unspecified atom stereocenters. The van der Waals surface area contributed by atoms with Gasteiger partial charge in [-0.25, -0.2) is 4.39 Å². The zero-order valence-corrected chi connectivity index (χ0v) is 6.70. The summed E-state index contributed by atoms with van der Waals surface area (Å²) in [6.45, 7) is -1.01. The molecule has 4 nitrogen and oxygen atoms in total. The first kappa shape index (κ1) is 11.6. The Labute approximate surface area is 75.7 Å². The van der Waals surface area contributed by atoms with E-state index >= 15 is 0 Å². The Morgan fingerprint density at radius 3 is 2.00 bits per heavy atom. The van der Waals surface area contributed by atoms with Crippen molar-refractivity contribution < 1.29 is 37.6 Å². The lowest BCUT2D eigenvalue weighted by molar-refractivity contribution is -0.292. The fourth-order valence-electron chi connectivity index (χ4n) is 1.21. The van der Waals surface area contributed by atoms with Gasteiger partial charge in [0.1, 0.15) is 12.2 Å². The van der Waals surface area contributed by atoms with Crippen molar-refractivity contribution in [1.82, 2.24) is 0 Å². The zero-order chi connectivity index (χ0) is 11.1. The smallest absolute Gasteiger partial charge is 0.394 e. The summed E-state index contributed by atoms with van der Waals surface area (Å²) in [5.74, 6) is 0. The van der Waals surface area contributed by atoms with Crippen LogP contribution >= 0.6 is 0 Å². The van der Waals surface area contributed by atoms with Crippen LogP contribution in [0.4, 0.5) is 17.6 Å². The molecule has 4 atom stereocenters. The molecule has 8 heteroatoms. The number of aliphatic hydroxyl groups is 3. The molecule has 1 fully saturated rings. The second-order valence-corrected chi connectivity index (χ2v) is 2.92. The third-order valence-electron chi connectivity index (χ3n) is 2.06. The minimum atomic E-state index is -5.46. The predicted octanol–water partition coefficient (Wildman–Crippen LogP) is -0.673. The molecule has 1 aliphatic rings. The predicted molar refractivity (Wildman–Crippen MR) is 33.9 cm³/mol. The van der Waals surface area contributed by atoms with Gasteiger partial charge in [0.2, 0.25) is 6.29 Å². The second kappa shape index (κ2) is 3.30. The third kappa shape index (κ3) is 1.38. The van der Waals surface area contributed by atoms with Gasteiger partial charge in [0.05, 0.1) is 6.61 Å². The van der Waals surface area contributed by atoms with E-state index in [9.17, 15) is 17.6 Å². The van der Waals surface area contributed by atoms with E-state index in [0.29, 0.717) is 0 Å². The standard InChI is InChI=1S/C6H8F4O4/c7-5(6(8,9)10)3(12)2(1-11)14-4(5)13/h2-4,11-13H,1H2/t2-,3-,4?,5-/m1/s1. The Bertz CT molecular complexity index is 220. The van der Waals surface area contributed by atoms with Crippen LogP contribution in [0, 0.1) is 0 Å². The number of hydrogen-bond acceptors (Lipinski definition) is 4. The highest BCUT2D eigenvalue weighted by Gasteiger charge is 2.71. The maximum absolute atomic E-state index is 13.2. The summed E-state index contributed by atoms with van der Waals surface area (Å²) in [6.07, 6.45) is -12.7. The van der Waals surface area contributed by atoms with Gasteiger partial charge in [0.25, 0.3) is 5.67 Å². The Morgan fingerprint density at radius 1 is 1.29 bits per heavy atom. The zero-order valence-electron chi connectivity index (χ0n) is 6.70. The average molecular weight is 220 g/mol. The molecule has 0 saturated carbocycles. The molecule has 0 aliphatic carbocycles. The molecule has 0 radical (unpaired) electrons. The molecular formula is C6H8F4O4. The first-order chi connectivity index (χ1) is 6.25. The molecule has 0 spiro atoms. The minimum Gasteiger partial charge on any atom is -0.394 e. The molecule has 1 rings (SSSR count). The van der Waals surface area contributed by atoms with Gasteiger partial charge in [-0.2, -0.15) is 13.2 Å². The summed E-state index contributed by atoms with van der Waals surface area (Å²) < 4.78 is 53.5. The molecule has 0 aromatic rings. The summed E-state index contributed by atoms with van der Waals surface area (Å²) in [7, 11) is 0. The fraction of sp³-hybridized carbons (Fsp3) is 1.00. The Balaban J connectivity index is 2.99. The summed E-state index contributed by atoms with van der Waals surface area (Å²) in [4.78, 5) is 0. The number of ether oxygens (including phenoxy) is 1. The molecule has 84 valence electrons. The van der Waals surface area contributed by atoms with Crippen LogP contribution in [0.3, 0.4) is 0 Å². The van der Waals surface area contributed by atoms with Gasteiger partial charge in [-0.15, -0.1) is 0 Å². The molecule has 0 aromatic heterocycles. The van der Waals surface area contributed by atoms with Crippen molar-refractivity contribution in [2.75, 3.05) is 6.61 Å². The molecule has 3 N–H and O–H groups in total. The van der Waals surface area contributed by atoms with Crippen LogP contribution in [-0.4, -0.2) is 52.3 Å². The van der Waals surface area contributed by atoms with Crippen molar-refractivity contribution in [2.24, 2.45) is 0 Å². The highest BCUT2D eigenvalue weighted by Crippen LogP contribution is 2.45. The largest absolute Gasteiger partial charge is 0.430 e. The number of aliphatic hydroxyl groups excluding tert-OH is 3. The van der Waals surface area contributed by atoms with Crippen molar-refractivity contribution in [1.29, 1.82) is 0 Å². The van der Waals surface area contributed by atoms with Crippen LogP contribution in [0.25, 0.3) is 0 Å². The molecule has 1 saturated heterocycles. The van der Waals surface area contributed by atoms with Crippen LogP contribution in [-0.2, 0) is 4.74 Å². The highest BCUT2D eigenvalue weighted by molar-refractivity contribution is 5.04. The Kier molecular flexibility index (Phi) is 2.74. The van der Waals surface area contributed by atoms with E-state index in [0.717, 1.165) is 0 Å². The summed E-state index contributed by atoms with van der Waals surface area (Å²) >= 11 is 0. The van der Waals surface area contributed by atoms with Crippen molar-refractivity contribution in [3.05, 3.63) is 0 Å². The second-order valence-electron chi connectivity index (χ2n) is 2.92. The summed E-state index contributed by atoms with van der Waals surface area (Å²) in [5.41, 5.74) is -4.25. The average Bonchev–Trinajstić information content (AvgIpc) is 2.29. The third-order valence-corrected chi connectivity index (χ3v) is 2.06. The Morgan fingerprint density at radius 2 is 1.79 bits per heavy atom. The molecule has 0 amide bonds. The van der Waals surface area contributed by atoms with Gasteiger partial charge >= 0.3 is 6.18 Å². The van der Waals surface area contributed by atoms with Crippen molar-refractivity contribution >= 4 is 0 Å². The van der Waals surface area contributed by atoms with Gasteiger partial charge in [-0.05, 0) is 0 Å². The number of hydrogen-bond donors (Lipinski definition) is 3. The first-order valence-corrected chi connectivity index (χ1v) is 3.63. The SMILES string of the molecule is OC[C@H]1OC(O)[C@@](F)(C(F)(F)F)[C@@H]1O. The number of rotatable bonds is 1. The van der Waals surface area contributed by atoms with Crippen molar-refractivity contribution in [3.63, 3.8) is 0 Å². The molecule has 14 heavy (non-hydrogen) atoms. The van der Waals surface area contributed by atoms with Gasteiger partial charge in [0, 0.05) is 0 Å². The first-order valence-electron chi connectivity index (χ1n) is 3.63. The number of halogens is 4. The lowest BCUT2D eigenvalue weighted by Crippen LogP contribution is -2.55. The van der Waals surface area contributed by atoms with Gasteiger partial charge < -0.3 is 20.1 Å². The van der Waals surface area contributed by atoms with Gasteiger partial charge in [-0.1, -0.05) is 0 Å². The monoisotopic (exact) mass is 220 g/mol. The van der Waals surface area contributed by atoms with Gasteiger partial charge in [-0.3, -0.25) is 0 Å². The van der Waals surface area contributed by atoms with E-state index in [-0.39, 0.29) is 0 Å². The highest BCUT2D eigenvalue weighted by atomic mass is 19.4. The quantitative estimate of drug-likeness (QED) is 0.512. The van der Waals surface area contributed by atoms with Crippen LogP contribution < -0.4 is 0 Å². The van der Waals surface area contributed by atoms with E-state index in [4.69, 9.17) is 15.3 Å². The van der Waals surface area contributed by atoms with Crippen molar-refractivity contribution in [3.8, 4) is 0 Å². The van der Waals surface area contributed by atoms with E-state index in [1.807, 2.05) is 0 Å². The van der Waals surface area contributed by atoms with Crippen LogP contribution in [0.15, 0.2) is 0 Å². The maximum atomic E-state index is 13.2. The fourth-order valence-corrected chi connectivity index (χ4v) is 1.21. The minimum absolute atomic E-state index is 1.01. The molecule has 1 heterocycles. The van der Waals surface area contributed by atoms with Crippen LogP contribution in [0.5, 0.6) is 0 Å². The number of alkyl halides is 4. The van der Waals surface area contributed by atoms with Crippen LogP contribution in [0.1, 0.15) is 0 Å². The van der Waals surface area contributed by atoms with E-state index in [2.05, 4.69) is 4.74 Å². The molecular weight excluding hydrogens is 212 g/mol. The lowest BCUT2D eigenvalue weighted by Gasteiger charge is -2.27. The van der Waals surface area contributed by atoms with E-state index in [1.165, 1.54) is 0 Å². The van der Waals surface area contributed by atoms with Crippen molar-refractivity contribution in [2.45, 2.75) is 30.3 Å². The van der Waals surface area contributed by atoms with E-state index < -0.39 is 36.9 Å². The topological polar surface area (TPSA) is 69.9 Å². The summed E-state index contributed by atoms with van der Waals surface area (Å²) in [6, 6.07) is 0. The van der Waals surface area contributed by atoms with E-state index in [1.54, 1.807) is 0 Å². The maximum Gasteiger partial charge on any atom is 0.430 e. The summed E-state index contributed by atoms with van der Waals surface area (Å²) in [5, 5.41) is 26.0. The Hall–Kier alpha value is -0.440. The molecule has 0 aromatic carbocycles. The normalized spacial score (nSPS) is 44.4. The van der Waals surface area contributed by atoms with Gasteiger partial charge in [0.15, 0.2) is 0 Å². The van der Waals surface area contributed by atoms with Crippen LogP contribution in [0.2, 0.25) is 0 Å². The molecule has 0 bridgehead atoms. The molecule has 1 aliphatic heterocycles.